The smallest absolute Gasteiger partial charge is 0.230 e. The molecule has 27 heavy (non-hydrogen) atoms. The van der Waals surface area contributed by atoms with Crippen molar-refractivity contribution in [2.45, 2.75) is 51.6 Å². The van der Waals surface area contributed by atoms with Crippen LogP contribution >= 0.6 is 0 Å². The lowest BCUT2D eigenvalue weighted by molar-refractivity contribution is -0.134. The third-order valence-electron chi connectivity index (χ3n) is 5.36. The Labute approximate surface area is 161 Å². The molecule has 1 amide bonds. The summed E-state index contributed by atoms with van der Waals surface area (Å²) in [5.41, 5.74) is 2.69. The number of carbonyl (C=O) groups excluding carboxylic acids is 1. The number of hydrogen-bond donors (Lipinski definition) is 2. The monoisotopic (exact) mass is 367 g/mol. The van der Waals surface area contributed by atoms with Gasteiger partial charge in [-0.1, -0.05) is 37.3 Å². The van der Waals surface area contributed by atoms with E-state index in [4.69, 9.17) is 0 Å². The number of aromatic nitrogens is 1. The molecule has 0 aliphatic carbocycles. The maximum atomic E-state index is 13.0. The molecule has 5 heteroatoms. The summed E-state index contributed by atoms with van der Waals surface area (Å²) in [5.74, 6) is 0.415. The summed E-state index contributed by atoms with van der Waals surface area (Å²) >= 11 is 0. The molecule has 2 heterocycles. The second kappa shape index (κ2) is 9.00. The number of aromatic hydroxyl groups is 1. The van der Waals surface area contributed by atoms with Crippen LogP contribution in [0.4, 0.5) is 0 Å². The van der Waals surface area contributed by atoms with E-state index in [-0.39, 0.29) is 17.6 Å². The van der Waals surface area contributed by atoms with Crippen molar-refractivity contribution in [2.75, 3.05) is 13.1 Å². The van der Waals surface area contributed by atoms with Crippen LogP contribution in [0, 0.1) is 6.92 Å². The van der Waals surface area contributed by atoms with Gasteiger partial charge in [-0.2, -0.15) is 0 Å². The van der Waals surface area contributed by atoms with Gasteiger partial charge in [0.2, 0.25) is 5.91 Å². The number of likely N-dealkylation sites (tertiary alicyclic amines) is 1. The van der Waals surface area contributed by atoms with Crippen molar-refractivity contribution in [1.82, 2.24) is 15.2 Å². The fraction of sp³-hybridized carbons (Fsp3) is 0.455. The SMILES string of the molecule is CCC(C(=O)N1CCC(NCc2nc(C)ccc2O)CC1)c1ccccc1. The Morgan fingerprint density at radius 3 is 2.59 bits per heavy atom. The van der Waals surface area contributed by atoms with Crippen molar-refractivity contribution in [2.24, 2.45) is 0 Å². The van der Waals surface area contributed by atoms with Crippen molar-refractivity contribution in [3.05, 3.63) is 59.4 Å². The highest BCUT2D eigenvalue weighted by Gasteiger charge is 2.28. The number of pyridine rings is 1. The largest absolute Gasteiger partial charge is 0.506 e. The molecule has 0 bridgehead atoms. The van der Waals surface area contributed by atoms with Gasteiger partial charge in [0.25, 0.3) is 0 Å². The molecule has 1 atom stereocenters. The molecule has 1 aromatic heterocycles. The highest BCUT2D eigenvalue weighted by Crippen LogP contribution is 2.24. The molecule has 2 aromatic rings. The van der Waals surface area contributed by atoms with Crippen molar-refractivity contribution in [1.29, 1.82) is 0 Å². The first-order chi connectivity index (χ1) is 13.1. The second-order valence-corrected chi connectivity index (χ2v) is 7.27. The molecule has 1 fully saturated rings. The van der Waals surface area contributed by atoms with E-state index in [0.717, 1.165) is 43.6 Å². The van der Waals surface area contributed by atoms with Gasteiger partial charge in [0.15, 0.2) is 0 Å². The molecule has 1 saturated heterocycles. The Morgan fingerprint density at radius 1 is 1.22 bits per heavy atom. The van der Waals surface area contributed by atoms with Gasteiger partial charge in [0.1, 0.15) is 5.75 Å². The summed E-state index contributed by atoms with van der Waals surface area (Å²) in [4.78, 5) is 19.4. The number of carbonyl (C=O) groups is 1. The lowest BCUT2D eigenvalue weighted by Crippen LogP contribution is -2.46. The van der Waals surface area contributed by atoms with Gasteiger partial charge in [-0.3, -0.25) is 9.78 Å². The molecular formula is C22H29N3O2. The van der Waals surface area contributed by atoms with E-state index in [0.29, 0.717) is 18.3 Å². The number of aryl methyl sites for hydroxylation is 1. The summed E-state index contributed by atoms with van der Waals surface area (Å²) in [6.45, 7) is 6.09. The number of hydrogen-bond acceptors (Lipinski definition) is 4. The van der Waals surface area contributed by atoms with Crippen molar-refractivity contribution in [3.8, 4) is 5.75 Å². The normalized spacial score (nSPS) is 16.3. The third kappa shape index (κ3) is 4.86. The van der Waals surface area contributed by atoms with Crippen LogP contribution in [0.15, 0.2) is 42.5 Å². The standard InChI is InChI=1S/C22H29N3O2/c1-3-19(17-7-5-4-6-8-17)22(27)25-13-11-18(12-14-25)23-15-20-21(26)10-9-16(2)24-20/h4-10,18-19,23,26H,3,11-15H2,1-2H3. The van der Waals surface area contributed by atoms with Crippen LogP contribution in [0.2, 0.25) is 0 Å². The number of amides is 1. The van der Waals surface area contributed by atoms with Crippen LogP contribution in [-0.4, -0.2) is 40.0 Å². The van der Waals surface area contributed by atoms with Gasteiger partial charge < -0.3 is 15.3 Å². The number of nitrogens with zero attached hydrogens (tertiary/aromatic N) is 2. The Hall–Kier alpha value is -2.40. The van der Waals surface area contributed by atoms with E-state index >= 15 is 0 Å². The van der Waals surface area contributed by atoms with Crippen LogP contribution in [-0.2, 0) is 11.3 Å². The highest BCUT2D eigenvalue weighted by atomic mass is 16.3. The summed E-state index contributed by atoms with van der Waals surface area (Å²) < 4.78 is 0. The second-order valence-electron chi connectivity index (χ2n) is 7.27. The van der Waals surface area contributed by atoms with Crippen LogP contribution < -0.4 is 5.32 Å². The Bertz CT molecular complexity index is 755. The van der Waals surface area contributed by atoms with Crippen LogP contribution in [0.5, 0.6) is 5.75 Å². The summed E-state index contributed by atoms with van der Waals surface area (Å²) in [7, 11) is 0. The summed E-state index contributed by atoms with van der Waals surface area (Å²) in [6, 6.07) is 13.9. The van der Waals surface area contributed by atoms with E-state index in [1.54, 1.807) is 12.1 Å². The van der Waals surface area contributed by atoms with Gasteiger partial charge in [-0.15, -0.1) is 0 Å². The minimum Gasteiger partial charge on any atom is -0.506 e. The maximum Gasteiger partial charge on any atom is 0.230 e. The molecule has 5 nitrogen and oxygen atoms in total. The fourth-order valence-electron chi connectivity index (χ4n) is 3.74. The average Bonchev–Trinajstić information content (AvgIpc) is 2.70. The average molecular weight is 367 g/mol. The van der Waals surface area contributed by atoms with Crippen LogP contribution in [0.3, 0.4) is 0 Å². The molecule has 1 aromatic carbocycles. The topological polar surface area (TPSA) is 65.5 Å². The van der Waals surface area contributed by atoms with Gasteiger partial charge in [-0.25, -0.2) is 0 Å². The lowest BCUT2D eigenvalue weighted by Gasteiger charge is -2.34. The molecule has 2 N–H and O–H groups in total. The first-order valence-electron chi connectivity index (χ1n) is 9.81. The predicted molar refractivity (Wildman–Crippen MR) is 107 cm³/mol. The molecule has 1 aliphatic heterocycles. The predicted octanol–water partition coefficient (Wildman–Crippen LogP) is 3.37. The molecule has 1 aliphatic rings. The molecule has 0 radical (unpaired) electrons. The van der Waals surface area contributed by atoms with E-state index in [1.165, 1.54) is 0 Å². The highest BCUT2D eigenvalue weighted by molar-refractivity contribution is 5.83. The van der Waals surface area contributed by atoms with Gasteiger partial charge in [-0.05, 0) is 43.9 Å². The zero-order valence-electron chi connectivity index (χ0n) is 16.2. The first kappa shape index (κ1) is 19.4. The van der Waals surface area contributed by atoms with E-state index in [2.05, 4.69) is 17.2 Å². The fourth-order valence-corrected chi connectivity index (χ4v) is 3.74. The van der Waals surface area contributed by atoms with Crippen LogP contribution in [0.1, 0.15) is 49.1 Å². The Morgan fingerprint density at radius 2 is 1.93 bits per heavy atom. The van der Waals surface area contributed by atoms with Crippen molar-refractivity contribution in [3.63, 3.8) is 0 Å². The molecular weight excluding hydrogens is 338 g/mol. The number of benzene rings is 1. The Balaban J connectivity index is 1.52. The molecule has 3 rings (SSSR count). The van der Waals surface area contributed by atoms with E-state index < -0.39 is 0 Å². The molecule has 144 valence electrons. The minimum absolute atomic E-state index is 0.0517. The number of piperidine rings is 1. The minimum atomic E-state index is -0.0517. The first-order valence-corrected chi connectivity index (χ1v) is 9.81. The van der Waals surface area contributed by atoms with Gasteiger partial charge >= 0.3 is 0 Å². The van der Waals surface area contributed by atoms with Gasteiger partial charge in [0, 0.05) is 31.4 Å². The maximum absolute atomic E-state index is 13.0. The molecule has 1 unspecified atom stereocenters. The van der Waals surface area contributed by atoms with Crippen LogP contribution in [0.25, 0.3) is 0 Å². The third-order valence-corrected chi connectivity index (χ3v) is 5.36. The van der Waals surface area contributed by atoms with Crippen molar-refractivity contribution >= 4 is 5.91 Å². The lowest BCUT2D eigenvalue weighted by atomic mass is 9.93. The Kier molecular flexibility index (Phi) is 6.45. The van der Waals surface area contributed by atoms with E-state index in [1.807, 2.05) is 42.2 Å². The zero-order valence-corrected chi connectivity index (χ0v) is 16.2. The zero-order chi connectivity index (χ0) is 19.2. The number of nitrogens with one attached hydrogen (secondary N) is 1. The molecule has 0 spiro atoms. The molecule has 0 saturated carbocycles. The quantitative estimate of drug-likeness (QED) is 0.822. The summed E-state index contributed by atoms with van der Waals surface area (Å²) in [6.07, 6.45) is 2.66. The van der Waals surface area contributed by atoms with Crippen molar-refractivity contribution < 1.29 is 9.90 Å². The number of rotatable bonds is 6. The van der Waals surface area contributed by atoms with Gasteiger partial charge in [0.05, 0.1) is 11.6 Å². The van der Waals surface area contributed by atoms with E-state index in [9.17, 15) is 9.90 Å². The summed E-state index contributed by atoms with van der Waals surface area (Å²) in [5, 5.41) is 13.4.